The number of rotatable bonds is 4. The lowest BCUT2D eigenvalue weighted by Gasteiger charge is -2.26. The number of para-hydroxylation sites is 1. The minimum Gasteiger partial charge on any atom is -0.342 e. The molecule has 1 aliphatic heterocycles. The zero-order valence-corrected chi connectivity index (χ0v) is 20.1. The van der Waals surface area contributed by atoms with Crippen LogP contribution >= 0.6 is 23.2 Å². The summed E-state index contributed by atoms with van der Waals surface area (Å²) in [4.78, 5) is 39.4. The van der Waals surface area contributed by atoms with Gasteiger partial charge in [-0.25, -0.2) is 9.69 Å². The molecule has 1 fully saturated rings. The van der Waals surface area contributed by atoms with Gasteiger partial charge in [0.1, 0.15) is 5.57 Å². The number of nitrogens with zero attached hydrogens (tertiary/aromatic N) is 2. The number of amides is 4. The van der Waals surface area contributed by atoms with Gasteiger partial charge in [0.15, 0.2) is 0 Å². The number of halogens is 2. The Morgan fingerprint density at radius 1 is 0.914 bits per heavy atom. The smallest absolute Gasteiger partial charge is 0.335 e. The Bertz CT molecular complexity index is 1550. The number of anilines is 1. The fourth-order valence-electron chi connectivity index (χ4n) is 4.20. The third-order valence-electron chi connectivity index (χ3n) is 5.82. The first-order valence-electron chi connectivity index (χ1n) is 10.8. The number of benzene rings is 3. The zero-order valence-electron chi connectivity index (χ0n) is 18.6. The molecule has 0 bridgehead atoms. The van der Waals surface area contributed by atoms with Gasteiger partial charge in [0.2, 0.25) is 0 Å². The number of fused-ring (bicyclic) bond motifs is 1. The zero-order chi connectivity index (χ0) is 24.7. The largest absolute Gasteiger partial charge is 0.342 e. The lowest BCUT2D eigenvalue weighted by molar-refractivity contribution is -0.122. The Balaban J connectivity index is 1.57. The maximum atomic E-state index is 13.3. The number of barbiturate groups is 1. The maximum absolute atomic E-state index is 13.3. The van der Waals surface area contributed by atoms with Crippen LogP contribution in [0.2, 0.25) is 10.0 Å². The normalized spacial score (nSPS) is 15.2. The number of hydrogen-bond donors (Lipinski definition) is 1. The summed E-state index contributed by atoms with van der Waals surface area (Å²) in [6, 6.07) is 19.5. The predicted molar refractivity (Wildman–Crippen MR) is 138 cm³/mol. The summed E-state index contributed by atoms with van der Waals surface area (Å²) < 4.78 is 2.07. The molecule has 0 atom stereocenters. The van der Waals surface area contributed by atoms with E-state index in [4.69, 9.17) is 23.2 Å². The van der Waals surface area contributed by atoms with Gasteiger partial charge in [-0.2, -0.15) is 0 Å². The minimum absolute atomic E-state index is 0.158. The molecular weight excluding hydrogens is 485 g/mol. The molecule has 3 aromatic carbocycles. The van der Waals surface area contributed by atoms with Crippen LogP contribution in [0.25, 0.3) is 17.0 Å². The van der Waals surface area contributed by atoms with Crippen LogP contribution in [-0.2, 0) is 16.1 Å². The van der Waals surface area contributed by atoms with Crippen molar-refractivity contribution in [2.45, 2.75) is 13.5 Å². The van der Waals surface area contributed by atoms with Gasteiger partial charge in [-0.1, -0.05) is 71.2 Å². The Morgan fingerprint density at radius 3 is 2.49 bits per heavy atom. The SMILES string of the molecule is Cc1cccc(Cn2cc(/C=C3\C(=O)NC(=O)N(c4ccc(Cl)c(Cl)c4)C3=O)c3ccccc32)c1. The van der Waals surface area contributed by atoms with Crippen molar-refractivity contribution in [3.8, 4) is 0 Å². The molecule has 1 aliphatic rings. The number of carbonyl (C=O) groups is 3. The number of urea groups is 1. The first-order valence-corrected chi connectivity index (χ1v) is 11.6. The third kappa shape index (κ3) is 4.34. The van der Waals surface area contributed by atoms with E-state index in [1.807, 2.05) is 49.5 Å². The van der Waals surface area contributed by atoms with E-state index in [0.29, 0.717) is 12.1 Å². The summed E-state index contributed by atoms with van der Waals surface area (Å²) in [6.45, 7) is 2.67. The molecule has 0 radical (unpaired) electrons. The van der Waals surface area contributed by atoms with Crippen LogP contribution in [0, 0.1) is 6.92 Å². The molecule has 174 valence electrons. The molecule has 4 aromatic rings. The van der Waals surface area contributed by atoms with Gasteiger partial charge in [-0.05, 0) is 42.8 Å². The summed E-state index contributed by atoms with van der Waals surface area (Å²) in [5.41, 5.74) is 4.00. The average molecular weight is 504 g/mol. The van der Waals surface area contributed by atoms with Crippen LogP contribution in [0.5, 0.6) is 0 Å². The van der Waals surface area contributed by atoms with Crippen molar-refractivity contribution in [2.75, 3.05) is 4.90 Å². The van der Waals surface area contributed by atoms with Gasteiger partial charge < -0.3 is 4.57 Å². The second kappa shape index (κ2) is 9.06. The van der Waals surface area contributed by atoms with Crippen LogP contribution in [-0.4, -0.2) is 22.4 Å². The number of imide groups is 2. The summed E-state index contributed by atoms with van der Waals surface area (Å²) in [5, 5.41) is 3.59. The highest BCUT2D eigenvalue weighted by Crippen LogP contribution is 2.30. The van der Waals surface area contributed by atoms with E-state index in [0.717, 1.165) is 26.9 Å². The highest BCUT2D eigenvalue weighted by molar-refractivity contribution is 6.43. The van der Waals surface area contributed by atoms with Crippen LogP contribution in [0.15, 0.2) is 78.5 Å². The van der Waals surface area contributed by atoms with Crippen LogP contribution in [0.1, 0.15) is 16.7 Å². The van der Waals surface area contributed by atoms with Crippen LogP contribution < -0.4 is 10.2 Å². The lowest BCUT2D eigenvalue weighted by atomic mass is 10.1. The van der Waals surface area contributed by atoms with Crippen molar-refractivity contribution < 1.29 is 14.4 Å². The van der Waals surface area contributed by atoms with Crippen molar-refractivity contribution in [3.63, 3.8) is 0 Å². The van der Waals surface area contributed by atoms with Crippen molar-refractivity contribution in [1.29, 1.82) is 0 Å². The molecule has 0 saturated carbocycles. The Kier molecular flexibility index (Phi) is 5.93. The molecule has 1 aromatic heterocycles. The van der Waals surface area contributed by atoms with Crippen molar-refractivity contribution in [3.05, 3.63) is 105 Å². The van der Waals surface area contributed by atoms with E-state index < -0.39 is 17.8 Å². The number of aromatic nitrogens is 1. The van der Waals surface area contributed by atoms with E-state index in [-0.39, 0.29) is 21.3 Å². The maximum Gasteiger partial charge on any atom is 0.335 e. The summed E-state index contributed by atoms with van der Waals surface area (Å²) in [7, 11) is 0. The van der Waals surface area contributed by atoms with Crippen molar-refractivity contribution in [1.82, 2.24) is 9.88 Å². The molecule has 6 nitrogen and oxygen atoms in total. The molecule has 8 heteroatoms. The molecule has 0 spiro atoms. The summed E-state index contributed by atoms with van der Waals surface area (Å²) in [5.74, 6) is -1.50. The highest BCUT2D eigenvalue weighted by Gasteiger charge is 2.37. The number of aryl methyl sites for hydroxylation is 1. The molecular formula is C27H19Cl2N3O3. The second-order valence-corrected chi connectivity index (χ2v) is 9.09. The van der Waals surface area contributed by atoms with E-state index >= 15 is 0 Å². The van der Waals surface area contributed by atoms with E-state index in [2.05, 4.69) is 22.0 Å². The van der Waals surface area contributed by atoms with Gasteiger partial charge in [0.25, 0.3) is 11.8 Å². The summed E-state index contributed by atoms with van der Waals surface area (Å²) in [6.07, 6.45) is 3.42. The standard InChI is InChI=1S/C27H19Cl2N3O3/c1-16-5-4-6-17(11-16)14-31-15-18(20-7-2-3-8-24(20)31)12-21-25(33)30-27(35)32(26(21)34)19-9-10-22(28)23(29)13-19/h2-13,15H,14H2,1H3,(H,30,33,35)/b21-12+. The molecule has 4 amide bonds. The van der Waals surface area contributed by atoms with Crippen molar-refractivity contribution in [2.24, 2.45) is 0 Å². The first-order chi connectivity index (χ1) is 16.8. The van der Waals surface area contributed by atoms with Crippen molar-refractivity contribution >= 4 is 63.7 Å². The van der Waals surface area contributed by atoms with Gasteiger partial charge in [-0.15, -0.1) is 0 Å². The Morgan fingerprint density at radius 2 is 1.71 bits per heavy atom. The quantitative estimate of drug-likeness (QED) is 0.275. The monoisotopic (exact) mass is 503 g/mol. The second-order valence-electron chi connectivity index (χ2n) is 8.27. The lowest BCUT2D eigenvalue weighted by Crippen LogP contribution is -2.54. The number of carbonyl (C=O) groups excluding carboxylic acids is 3. The molecule has 1 saturated heterocycles. The molecule has 0 unspecified atom stereocenters. The summed E-state index contributed by atoms with van der Waals surface area (Å²) >= 11 is 12.1. The molecule has 1 N–H and O–H groups in total. The Labute approximate surface area is 211 Å². The van der Waals surface area contributed by atoms with Gasteiger partial charge in [0.05, 0.1) is 15.7 Å². The van der Waals surface area contributed by atoms with Gasteiger partial charge in [0, 0.05) is 29.2 Å². The van der Waals surface area contributed by atoms with E-state index in [1.54, 1.807) is 0 Å². The highest BCUT2D eigenvalue weighted by atomic mass is 35.5. The molecule has 2 heterocycles. The van der Waals surface area contributed by atoms with E-state index in [9.17, 15) is 14.4 Å². The third-order valence-corrected chi connectivity index (χ3v) is 6.56. The fourth-order valence-corrected chi connectivity index (χ4v) is 4.49. The number of hydrogen-bond acceptors (Lipinski definition) is 3. The van der Waals surface area contributed by atoms with Crippen LogP contribution in [0.4, 0.5) is 10.5 Å². The van der Waals surface area contributed by atoms with Crippen LogP contribution in [0.3, 0.4) is 0 Å². The van der Waals surface area contributed by atoms with Gasteiger partial charge in [-0.3, -0.25) is 14.9 Å². The number of nitrogens with one attached hydrogen (secondary N) is 1. The molecule has 5 rings (SSSR count). The van der Waals surface area contributed by atoms with E-state index in [1.165, 1.54) is 24.3 Å². The molecule has 35 heavy (non-hydrogen) atoms. The predicted octanol–water partition coefficient (Wildman–Crippen LogP) is 5.97. The average Bonchev–Trinajstić information content (AvgIpc) is 3.16. The topological polar surface area (TPSA) is 71.4 Å². The molecule has 0 aliphatic carbocycles. The minimum atomic E-state index is -0.850. The first kappa shape index (κ1) is 22.9. The van der Waals surface area contributed by atoms with Gasteiger partial charge >= 0.3 is 6.03 Å². The fraction of sp³-hybridized carbons (Fsp3) is 0.0741. The Hall–Kier alpha value is -3.87.